The van der Waals surface area contributed by atoms with Gasteiger partial charge in [-0.3, -0.25) is 0 Å². The Balaban J connectivity index is 1.89. The molecule has 0 amide bonds. The average molecular weight is 302 g/mol. The number of rotatable bonds is 4. The van der Waals surface area contributed by atoms with Crippen molar-refractivity contribution in [1.82, 2.24) is 0 Å². The lowest BCUT2D eigenvalue weighted by Crippen LogP contribution is -2.17. The van der Waals surface area contributed by atoms with Crippen molar-refractivity contribution < 1.29 is 14.3 Å². The smallest absolute Gasteiger partial charge is 0.349 e. The van der Waals surface area contributed by atoms with Crippen molar-refractivity contribution in [3.8, 4) is 17.6 Å². The molecule has 0 spiro atoms. The van der Waals surface area contributed by atoms with E-state index in [4.69, 9.17) is 26.3 Å². The van der Waals surface area contributed by atoms with Gasteiger partial charge in [0.2, 0.25) is 0 Å². The van der Waals surface area contributed by atoms with Gasteiger partial charge in [-0.25, -0.2) is 4.79 Å². The lowest BCUT2D eigenvalue weighted by atomic mass is 10.2. The van der Waals surface area contributed by atoms with Gasteiger partial charge < -0.3 is 9.47 Å². The van der Waals surface area contributed by atoms with Gasteiger partial charge in [-0.1, -0.05) is 11.6 Å². The van der Waals surface area contributed by atoms with Crippen LogP contribution in [0.2, 0.25) is 5.02 Å². The summed E-state index contributed by atoms with van der Waals surface area (Å²) in [5, 5.41) is 9.32. The Labute approximate surface area is 127 Å². The van der Waals surface area contributed by atoms with Crippen LogP contribution in [0.3, 0.4) is 0 Å². The first-order chi connectivity index (χ1) is 10.1. The zero-order chi connectivity index (χ0) is 15.2. The van der Waals surface area contributed by atoms with Gasteiger partial charge in [0.1, 0.15) is 11.5 Å². The highest BCUT2D eigenvalue weighted by Gasteiger charge is 2.07. The van der Waals surface area contributed by atoms with Crippen LogP contribution in [0.15, 0.2) is 42.5 Å². The monoisotopic (exact) mass is 301 g/mol. The Kier molecular flexibility index (Phi) is 4.81. The molecule has 106 valence electrons. The van der Waals surface area contributed by atoms with E-state index in [0.717, 1.165) is 5.56 Å². The summed E-state index contributed by atoms with van der Waals surface area (Å²) in [6.45, 7) is 1.64. The third kappa shape index (κ3) is 4.23. The quantitative estimate of drug-likeness (QED) is 0.640. The highest BCUT2D eigenvalue weighted by atomic mass is 35.5. The van der Waals surface area contributed by atoms with Gasteiger partial charge in [0.25, 0.3) is 0 Å². The summed E-state index contributed by atoms with van der Waals surface area (Å²) < 4.78 is 10.4. The zero-order valence-corrected chi connectivity index (χ0v) is 12.1. The summed E-state index contributed by atoms with van der Waals surface area (Å²) in [5.41, 5.74) is 1.37. The predicted molar refractivity (Wildman–Crippen MR) is 78.5 cm³/mol. The SMILES string of the molecule is Cc1cc(OCC(=O)Oc2ccc(C#N)cc2)ccc1Cl. The maximum absolute atomic E-state index is 11.7. The van der Waals surface area contributed by atoms with Gasteiger partial charge in [0, 0.05) is 5.02 Å². The molecule has 2 rings (SSSR count). The van der Waals surface area contributed by atoms with Crippen molar-refractivity contribution >= 4 is 17.6 Å². The first kappa shape index (κ1) is 14.9. The number of aryl methyl sites for hydroxylation is 1. The second-order valence-corrected chi connectivity index (χ2v) is 4.72. The summed E-state index contributed by atoms with van der Waals surface area (Å²) >= 11 is 5.91. The van der Waals surface area contributed by atoms with Crippen molar-refractivity contribution in [2.45, 2.75) is 6.92 Å². The van der Waals surface area contributed by atoms with E-state index in [1.165, 1.54) is 0 Å². The van der Waals surface area contributed by atoms with Crippen LogP contribution in [0.4, 0.5) is 0 Å². The van der Waals surface area contributed by atoms with Gasteiger partial charge >= 0.3 is 5.97 Å². The van der Waals surface area contributed by atoms with E-state index >= 15 is 0 Å². The molecule has 0 unspecified atom stereocenters. The molecule has 2 aromatic rings. The standard InChI is InChI=1S/C16H12ClNO3/c1-11-8-14(6-7-15(11)17)20-10-16(19)21-13-4-2-12(9-18)3-5-13/h2-8H,10H2,1H3. The van der Waals surface area contributed by atoms with E-state index in [-0.39, 0.29) is 6.61 Å². The predicted octanol–water partition coefficient (Wildman–Crippen LogP) is 3.50. The fourth-order valence-corrected chi connectivity index (χ4v) is 1.73. The van der Waals surface area contributed by atoms with Crippen molar-refractivity contribution in [1.29, 1.82) is 5.26 Å². The highest BCUT2D eigenvalue weighted by Crippen LogP contribution is 2.21. The average Bonchev–Trinajstić information content (AvgIpc) is 2.49. The summed E-state index contributed by atoms with van der Waals surface area (Å²) in [7, 11) is 0. The molecule has 0 atom stereocenters. The number of nitriles is 1. The van der Waals surface area contributed by atoms with E-state index in [2.05, 4.69) is 0 Å². The molecule has 0 heterocycles. The van der Waals surface area contributed by atoms with Crippen LogP contribution in [-0.4, -0.2) is 12.6 Å². The van der Waals surface area contributed by atoms with Crippen LogP contribution in [0, 0.1) is 18.3 Å². The molecule has 0 aromatic heterocycles. The number of carbonyl (C=O) groups excluding carboxylic acids is 1. The molecular weight excluding hydrogens is 290 g/mol. The van der Waals surface area contributed by atoms with Crippen molar-refractivity contribution in [3.05, 3.63) is 58.6 Å². The number of esters is 1. The Bertz CT molecular complexity index is 690. The third-order valence-electron chi connectivity index (χ3n) is 2.70. The number of hydrogen-bond donors (Lipinski definition) is 0. The van der Waals surface area contributed by atoms with Crippen LogP contribution in [0.25, 0.3) is 0 Å². The summed E-state index contributed by atoms with van der Waals surface area (Å²) in [6.07, 6.45) is 0. The van der Waals surface area contributed by atoms with Crippen LogP contribution < -0.4 is 9.47 Å². The summed E-state index contributed by atoms with van der Waals surface area (Å²) in [5.74, 6) is 0.399. The largest absolute Gasteiger partial charge is 0.482 e. The maximum atomic E-state index is 11.7. The molecule has 2 aromatic carbocycles. The number of halogens is 1. The Hall–Kier alpha value is -2.51. The Morgan fingerprint density at radius 2 is 1.86 bits per heavy atom. The van der Waals surface area contributed by atoms with Gasteiger partial charge in [-0.15, -0.1) is 0 Å². The van der Waals surface area contributed by atoms with Crippen LogP contribution in [-0.2, 0) is 4.79 Å². The van der Waals surface area contributed by atoms with Gasteiger partial charge in [-0.2, -0.15) is 5.26 Å². The second-order valence-electron chi connectivity index (χ2n) is 4.31. The highest BCUT2D eigenvalue weighted by molar-refractivity contribution is 6.31. The normalized spacial score (nSPS) is 9.76. The molecule has 0 fully saturated rings. The zero-order valence-electron chi connectivity index (χ0n) is 11.3. The Morgan fingerprint density at radius 1 is 1.19 bits per heavy atom. The molecule has 21 heavy (non-hydrogen) atoms. The molecule has 0 saturated carbocycles. The number of hydrogen-bond acceptors (Lipinski definition) is 4. The molecule has 0 bridgehead atoms. The van der Waals surface area contributed by atoms with E-state index in [1.807, 2.05) is 13.0 Å². The van der Waals surface area contributed by atoms with E-state index < -0.39 is 5.97 Å². The van der Waals surface area contributed by atoms with E-state index in [9.17, 15) is 4.79 Å². The van der Waals surface area contributed by atoms with Crippen molar-refractivity contribution in [2.24, 2.45) is 0 Å². The maximum Gasteiger partial charge on any atom is 0.349 e. The van der Waals surface area contributed by atoms with Gasteiger partial charge in [-0.05, 0) is 55.0 Å². The van der Waals surface area contributed by atoms with Crippen molar-refractivity contribution in [3.63, 3.8) is 0 Å². The van der Waals surface area contributed by atoms with E-state index in [1.54, 1.807) is 42.5 Å². The minimum Gasteiger partial charge on any atom is -0.482 e. The second kappa shape index (κ2) is 6.78. The fraction of sp³-hybridized carbons (Fsp3) is 0.125. The molecule has 0 aliphatic rings. The minimum atomic E-state index is -0.521. The first-order valence-corrected chi connectivity index (χ1v) is 6.56. The number of ether oxygens (including phenoxy) is 2. The topological polar surface area (TPSA) is 59.3 Å². The molecular formula is C16H12ClNO3. The van der Waals surface area contributed by atoms with Gasteiger partial charge in [0.05, 0.1) is 11.6 Å². The van der Waals surface area contributed by atoms with Crippen molar-refractivity contribution in [2.75, 3.05) is 6.61 Å². The van der Waals surface area contributed by atoms with Crippen LogP contribution in [0.1, 0.15) is 11.1 Å². The number of carbonyl (C=O) groups is 1. The van der Waals surface area contributed by atoms with Gasteiger partial charge in [0.15, 0.2) is 6.61 Å². The molecule has 5 heteroatoms. The Morgan fingerprint density at radius 3 is 2.48 bits per heavy atom. The molecule has 0 aliphatic heterocycles. The molecule has 0 N–H and O–H groups in total. The molecule has 4 nitrogen and oxygen atoms in total. The lowest BCUT2D eigenvalue weighted by molar-refractivity contribution is -0.136. The number of benzene rings is 2. The fourth-order valence-electron chi connectivity index (χ4n) is 1.61. The molecule has 0 aliphatic carbocycles. The third-order valence-corrected chi connectivity index (χ3v) is 3.13. The minimum absolute atomic E-state index is 0.207. The number of nitrogens with zero attached hydrogens (tertiary/aromatic N) is 1. The summed E-state index contributed by atoms with van der Waals surface area (Å²) in [4.78, 5) is 11.7. The molecule has 0 saturated heterocycles. The van der Waals surface area contributed by atoms with Crippen LogP contribution >= 0.6 is 11.6 Å². The first-order valence-electron chi connectivity index (χ1n) is 6.18. The van der Waals surface area contributed by atoms with Crippen LogP contribution in [0.5, 0.6) is 11.5 Å². The summed E-state index contributed by atoms with van der Waals surface area (Å²) in [6, 6.07) is 13.4. The van der Waals surface area contributed by atoms with E-state index in [0.29, 0.717) is 22.1 Å². The lowest BCUT2D eigenvalue weighted by Gasteiger charge is -2.08. The molecule has 0 radical (unpaired) electrons.